The first-order valence-corrected chi connectivity index (χ1v) is 24.9. The van der Waals surface area contributed by atoms with Gasteiger partial charge in [0.2, 0.25) is 0 Å². The van der Waals surface area contributed by atoms with Crippen LogP contribution in [-0.2, 0) is 36.6 Å². The molecule has 13 heteroatoms. The minimum absolute atomic E-state index is 0.137. The lowest BCUT2D eigenvalue weighted by molar-refractivity contribution is -0.147. The van der Waals surface area contributed by atoms with Gasteiger partial charge < -0.3 is 24.0 Å². The number of carbonyl (C=O) groups is 4. The maximum absolute atomic E-state index is 14.0. The number of likely N-dealkylation sites (N-methyl/N-ethyl adjacent to an activating group) is 2. The van der Waals surface area contributed by atoms with Crippen LogP contribution < -0.4 is 9.80 Å². The number of anilines is 2. The number of hydrogen-bond acceptors (Lipinski definition) is 13. The minimum Gasteiger partial charge on any atom is -0.463 e. The summed E-state index contributed by atoms with van der Waals surface area (Å²) < 4.78 is 16.4. The Balaban J connectivity index is 0.792. The van der Waals surface area contributed by atoms with Crippen molar-refractivity contribution < 1.29 is 33.4 Å². The largest absolute Gasteiger partial charge is 0.463 e. The molecule has 2 aliphatic rings. The Morgan fingerprint density at radius 2 is 0.826 bits per heavy atom. The molecule has 372 valence electrons. The number of ether oxygens (including phenoxy) is 3. The molecule has 4 aromatic carbocycles. The lowest BCUT2D eigenvalue weighted by atomic mass is 9.80. The fraction of sp³-hybridized carbons (Fsp3) is 0.500. The fourth-order valence-electron chi connectivity index (χ4n) is 9.77. The predicted octanol–water partition coefficient (Wildman–Crippen LogP) is 6.79. The average Bonchev–Trinajstić information content (AvgIpc) is 3.38. The van der Waals surface area contributed by atoms with Crippen molar-refractivity contribution in [1.82, 2.24) is 19.6 Å². The summed E-state index contributed by atoms with van der Waals surface area (Å²) in [5, 5.41) is 0. The molecule has 0 radical (unpaired) electrons. The van der Waals surface area contributed by atoms with Gasteiger partial charge in [0, 0.05) is 87.9 Å². The Bertz CT molecular complexity index is 2050. The van der Waals surface area contributed by atoms with E-state index in [0.29, 0.717) is 51.6 Å². The summed E-state index contributed by atoms with van der Waals surface area (Å²) in [5.74, 6) is -0.246. The second kappa shape index (κ2) is 26.0. The molecule has 0 aromatic heterocycles. The first-order chi connectivity index (χ1) is 33.4. The number of nitrogens with zero attached hydrogens (tertiary/aromatic N) is 6. The Morgan fingerprint density at radius 3 is 1.14 bits per heavy atom. The number of hydrogen-bond donors (Lipinski definition) is 0. The van der Waals surface area contributed by atoms with Crippen LogP contribution in [0.5, 0.6) is 0 Å². The number of rotatable bonds is 26. The van der Waals surface area contributed by atoms with Gasteiger partial charge in [-0.05, 0) is 114 Å². The average molecular weight is 945 g/mol. The van der Waals surface area contributed by atoms with Crippen LogP contribution in [0.15, 0.2) is 109 Å². The van der Waals surface area contributed by atoms with Gasteiger partial charge in [0.1, 0.15) is 13.2 Å². The highest BCUT2D eigenvalue weighted by Crippen LogP contribution is 2.31. The summed E-state index contributed by atoms with van der Waals surface area (Å²) in [4.78, 5) is 66.2. The van der Waals surface area contributed by atoms with Gasteiger partial charge in [-0.2, -0.15) is 0 Å². The molecule has 0 aliphatic carbocycles. The normalized spacial score (nSPS) is 16.5. The first-order valence-electron chi connectivity index (χ1n) is 24.9. The third kappa shape index (κ3) is 14.3. The zero-order chi connectivity index (χ0) is 49.2. The van der Waals surface area contributed by atoms with Crippen LogP contribution in [0, 0.1) is 0 Å². The Kier molecular flexibility index (Phi) is 19.9. The summed E-state index contributed by atoms with van der Waals surface area (Å²) in [6.07, 6.45) is 3.33. The maximum atomic E-state index is 14.0. The summed E-state index contributed by atoms with van der Waals surface area (Å²) in [6.45, 7) is 12.8. The van der Waals surface area contributed by atoms with Crippen molar-refractivity contribution in [2.24, 2.45) is 0 Å². The molecule has 13 nitrogen and oxygen atoms in total. The summed E-state index contributed by atoms with van der Waals surface area (Å²) in [6, 6.07) is 36.5. The summed E-state index contributed by atoms with van der Waals surface area (Å²) in [7, 11) is 7.97. The number of piperazine rings is 2. The molecule has 0 saturated carbocycles. The van der Waals surface area contributed by atoms with Crippen LogP contribution in [0.2, 0.25) is 0 Å². The first kappa shape index (κ1) is 52.9. The predicted molar refractivity (Wildman–Crippen MR) is 275 cm³/mol. The van der Waals surface area contributed by atoms with Crippen molar-refractivity contribution in [3.63, 3.8) is 0 Å². The SMILES string of the molecule is CCC(Cc1ccccc1)(C(=O)c1ccc(N2CCN(CCC(=O)OCCOCCOC(=O)CCN3CCN(c4ccc(C(=O)C(CC)(Cc5ccccc5)N(C)C)cc4)CC3)CC2)cc1)N(C)C. The highest BCUT2D eigenvalue weighted by Gasteiger charge is 2.41. The molecular formula is C56H76N6O7. The quantitative estimate of drug-likeness (QED) is 0.0375. The molecule has 6 rings (SSSR count). The lowest BCUT2D eigenvalue weighted by Gasteiger charge is -2.38. The third-order valence-electron chi connectivity index (χ3n) is 14.4. The van der Waals surface area contributed by atoms with E-state index in [-0.39, 0.29) is 49.9 Å². The van der Waals surface area contributed by atoms with E-state index in [1.165, 1.54) is 0 Å². The smallest absolute Gasteiger partial charge is 0.307 e. The van der Waals surface area contributed by atoms with Crippen LogP contribution >= 0.6 is 0 Å². The van der Waals surface area contributed by atoms with Crippen LogP contribution in [0.1, 0.15) is 71.4 Å². The van der Waals surface area contributed by atoms with E-state index in [2.05, 4.69) is 91.8 Å². The number of esters is 2. The number of ketones is 2. The van der Waals surface area contributed by atoms with Gasteiger partial charge in [0.25, 0.3) is 0 Å². The fourth-order valence-corrected chi connectivity index (χ4v) is 9.77. The second-order valence-corrected chi connectivity index (χ2v) is 18.8. The zero-order valence-electron chi connectivity index (χ0n) is 42.1. The minimum atomic E-state index is -0.623. The number of carbonyl (C=O) groups excluding carboxylic acids is 4. The van der Waals surface area contributed by atoms with Gasteiger partial charge in [-0.15, -0.1) is 0 Å². The van der Waals surface area contributed by atoms with E-state index in [1.54, 1.807) is 0 Å². The summed E-state index contributed by atoms with van der Waals surface area (Å²) in [5.41, 5.74) is 4.68. The highest BCUT2D eigenvalue weighted by molar-refractivity contribution is 6.04. The van der Waals surface area contributed by atoms with E-state index < -0.39 is 11.1 Å². The Morgan fingerprint density at radius 1 is 0.478 bits per heavy atom. The molecule has 0 spiro atoms. The Labute approximate surface area is 411 Å². The molecule has 2 atom stereocenters. The molecule has 2 aliphatic heterocycles. The van der Waals surface area contributed by atoms with Crippen molar-refractivity contribution in [2.75, 3.05) is 130 Å². The van der Waals surface area contributed by atoms with Gasteiger partial charge in [-0.3, -0.25) is 38.8 Å². The molecule has 2 heterocycles. The molecular weight excluding hydrogens is 869 g/mol. The van der Waals surface area contributed by atoms with E-state index in [0.717, 1.165) is 86.0 Å². The number of benzene rings is 4. The van der Waals surface area contributed by atoms with Crippen LogP contribution in [0.3, 0.4) is 0 Å². The van der Waals surface area contributed by atoms with Crippen LogP contribution in [-0.4, -0.2) is 174 Å². The van der Waals surface area contributed by atoms with Crippen molar-refractivity contribution in [3.8, 4) is 0 Å². The maximum Gasteiger partial charge on any atom is 0.307 e. The van der Waals surface area contributed by atoms with Gasteiger partial charge in [-0.25, -0.2) is 0 Å². The van der Waals surface area contributed by atoms with E-state index in [9.17, 15) is 19.2 Å². The highest BCUT2D eigenvalue weighted by atomic mass is 16.6. The second-order valence-electron chi connectivity index (χ2n) is 18.8. The van der Waals surface area contributed by atoms with Crippen molar-refractivity contribution in [1.29, 1.82) is 0 Å². The number of Topliss-reactive ketones (excluding diaryl/α,β-unsaturated/α-hetero) is 2. The molecule has 69 heavy (non-hydrogen) atoms. The lowest BCUT2D eigenvalue weighted by Crippen LogP contribution is -2.52. The van der Waals surface area contributed by atoms with Gasteiger partial charge in [0.15, 0.2) is 11.6 Å². The van der Waals surface area contributed by atoms with Gasteiger partial charge in [0.05, 0.1) is 37.1 Å². The molecule has 0 amide bonds. The van der Waals surface area contributed by atoms with E-state index in [1.807, 2.05) is 88.9 Å². The molecule has 0 bridgehead atoms. The topological polar surface area (TPSA) is 115 Å². The molecule has 2 saturated heterocycles. The van der Waals surface area contributed by atoms with E-state index in [4.69, 9.17) is 14.2 Å². The Hall–Kier alpha value is -5.44. The molecule has 4 aromatic rings. The van der Waals surface area contributed by atoms with Crippen molar-refractivity contribution >= 4 is 34.9 Å². The molecule has 2 fully saturated rings. The third-order valence-corrected chi connectivity index (χ3v) is 14.4. The molecule has 0 N–H and O–H groups in total. The molecule has 2 unspecified atom stereocenters. The zero-order valence-corrected chi connectivity index (χ0v) is 42.1. The van der Waals surface area contributed by atoms with Crippen LogP contribution in [0.25, 0.3) is 0 Å². The van der Waals surface area contributed by atoms with Gasteiger partial charge >= 0.3 is 11.9 Å². The summed E-state index contributed by atoms with van der Waals surface area (Å²) >= 11 is 0. The van der Waals surface area contributed by atoms with Gasteiger partial charge in [-0.1, -0.05) is 74.5 Å². The van der Waals surface area contributed by atoms with E-state index >= 15 is 0 Å². The van der Waals surface area contributed by atoms with Crippen LogP contribution in [0.4, 0.5) is 11.4 Å². The monoisotopic (exact) mass is 945 g/mol. The van der Waals surface area contributed by atoms with Crippen molar-refractivity contribution in [2.45, 2.75) is 63.5 Å². The van der Waals surface area contributed by atoms with Crippen molar-refractivity contribution in [3.05, 3.63) is 131 Å². The standard InChI is InChI=1S/C56H76N6O7/c1-7-55(57(3)4,43-45-15-11-9-12-16-45)53(65)47-19-23-49(24-20-47)61-35-31-59(32-36-61)29-27-51(63)68-41-39-67-40-42-69-52(64)28-30-60-33-37-62(38-34-60)50-25-21-48(22-26-50)54(66)56(8-2,58(5)6)44-46-17-13-10-14-18-46/h9-26H,7-8,27-44H2,1-6H3.